The minimum atomic E-state index is -1.03. The van der Waals surface area contributed by atoms with Gasteiger partial charge in [0.25, 0.3) is 0 Å². The number of nitrogens with zero attached hydrogens (tertiary/aromatic N) is 3. The number of carboxylic acids is 1. The molecule has 0 fully saturated rings. The lowest BCUT2D eigenvalue weighted by Crippen LogP contribution is -2.40. The Hall–Kier alpha value is -3.19. The number of carbonyl (C=O) groups excluding carboxylic acids is 1. The van der Waals surface area contributed by atoms with Gasteiger partial charge in [0.05, 0.1) is 18.6 Å². The predicted octanol–water partition coefficient (Wildman–Crippen LogP) is 3.66. The molecular formula is C26H31N3O4. The molecule has 0 radical (unpaired) electrons. The van der Waals surface area contributed by atoms with Crippen LogP contribution in [0.25, 0.3) is 11.0 Å². The van der Waals surface area contributed by atoms with E-state index in [0.29, 0.717) is 19.6 Å². The van der Waals surface area contributed by atoms with Crippen LogP contribution in [0.2, 0.25) is 0 Å². The molecule has 0 unspecified atom stereocenters. The van der Waals surface area contributed by atoms with Gasteiger partial charge in [0, 0.05) is 30.4 Å². The number of hydrogen-bond acceptors (Lipinski definition) is 4. The molecule has 3 heterocycles. The molecule has 1 aliphatic heterocycles. The first-order valence-corrected chi connectivity index (χ1v) is 11.4. The van der Waals surface area contributed by atoms with Crippen molar-refractivity contribution in [2.24, 2.45) is 5.41 Å². The van der Waals surface area contributed by atoms with Crippen molar-refractivity contribution in [3.05, 3.63) is 65.0 Å². The normalized spacial score (nSPS) is 13.8. The van der Waals surface area contributed by atoms with Crippen LogP contribution in [0.4, 0.5) is 0 Å². The van der Waals surface area contributed by atoms with E-state index in [0.717, 1.165) is 29.6 Å². The van der Waals surface area contributed by atoms with Crippen molar-refractivity contribution < 1.29 is 19.4 Å². The molecule has 0 aliphatic carbocycles. The third-order valence-electron chi connectivity index (χ3n) is 6.37. The van der Waals surface area contributed by atoms with Crippen LogP contribution in [0.15, 0.2) is 42.6 Å². The maximum atomic E-state index is 12.9. The molecular weight excluding hydrogens is 418 g/mol. The molecule has 1 aromatic carbocycles. The van der Waals surface area contributed by atoms with E-state index in [9.17, 15) is 14.7 Å². The van der Waals surface area contributed by atoms with Gasteiger partial charge in [-0.2, -0.15) is 0 Å². The molecule has 0 atom stereocenters. The highest BCUT2D eigenvalue weighted by atomic mass is 16.5. The van der Waals surface area contributed by atoms with E-state index in [1.807, 2.05) is 12.3 Å². The van der Waals surface area contributed by atoms with Crippen LogP contribution < -0.4 is 0 Å². The van der Waals surface area contributed by atoms with E-state index in [1.54, 1.807) is 18.7 Å². The smallest absolute Gasteiger partial charge is 0.311 e. The van der Waals surface area contributed by atoms with Crippen molar-refractivity contribution in [3.63, 3.8) is 0 Å². The van der Waals surface area contributed by atoms with Crippen LogP contribution in [0, 0.1) is 5.41 Å². The summed E-state index contributed by atoms with van der Waals surface area (Å²) in [5.41, 5.74) is 4.78. The molecule has 2 aromatic heterocycles. The van der Waals surface area contributed by atoms with Crippen LogP contribution in [0.3, 0.4) is 0 Å². The zero-order valence-electron chi connectivity index (χ0n) is 19.5. The minimum Gasteiger partial charge on any atom is -0.481 e. The third-order valence-corrected chi connectivity index (χ3v) is 6.37. The second kappa shape index (κ2) is 9.35. The van der Waals surface area contributed by atoms with Crippen molar-refractivity contribution >= 4 is 22.9 Å². The number of amides is 1. The Morgan fingerprint density at radius 3 is 2.73 bits per heavy atom. The maximum absolute atomic E-state index is 12.9. The first-order chi connectivity index (χ1) is 15.8. The Balaban J connectivity index is 1.56. The van der Waals surface area contributed by atoms with E-state index >= 15 is 0 Å². The summed E-state index contributed by atoms with van der Waals surface area (Å²) in [4.78, 5) is 30.6. The SMILES string of the molecule is CCc1cccc(Cn2c3c(c4cccnc42)CCN(C(=O)COCC(C)(C)C(=O)O)C3)c1. The predicted molar refractivity (Wildman–Crippen MR) is 126 cm³/mol. The number of ether oxygens (including phenoxy) is 1. The van der Waals surface area contributed by atoms with Gasteiger partial charge >= 0.3 is 5.97 Å². The molecule has 1 aliphatic rings. The summed E-state index contributed by atoms with van der Waals surface area (Å²) in [7, 11) is 0. The van der Waals surface area contributed by atoms with E-state index in [-0.39, 0.29) is 19.1 Å². The van der Waals surface area contributed by atoms with Gasteiger partial charge in [-0.3, -0.25) is 9.59 Å². The highest BCUT2D eigenvalue weighted by molar-refractivity contribution is 5.84. The van der Waals surface area contributed by atoms with E-state index in [4.69, 9.17) is 4.74 Å². The van der Waals surface area contributed by atoms with Crippen molar-refractivity contribution in [3.8, 4) is 0 Å². The average molecular weight is 450 g/mol. The lowest BCUT2D eigenvalue weighted by atomic mass is 9.95. The molecule has 7 heteroatoms. The van der Waals surface area contributed by atoms with Gasteiger partial charge in [-0.05, 0) is 55.5 Å². The second-order valence-corrected chi connectivity index (χ2v) is 9.31. The van der Waals surface area contributed by atoms with Crippen LogP contribution in [-0.4, -0.2) is 51.2 Å². The first-order valence-electron chi connectivity index (χ1n) is 11.4. The molecule has 3 aromatic rings. The Kier molecular flexibility index (Phi) is 6.51. The first kappa shape index (κ1) is 23.0. The Bertz CT molecular complexity index is 1180. The molecule has 7 nitrogen and oxygen atoms in total. The third kappa shape index (κ3) is 4.78. The lowest BCUT2D eigenvalue weighted by Gasteiger charge is -2.29. The number of fused-ring (bicyclic) bond motifs is 3. The monoisotopic (exact) mass is 449 g/mol. The molecule has 4 rings (SSSR count). The molecule has 174 valence electrons. The standard InChI is InChI=1S/C26H31N3O4/c1-4-18-7-5-8-19(13-18)14-29-22-15-28(23(30)16-33-17-26(2,3)25(31)32)12-10-20(22)21-9-6-11-27-24(21)29/h5-9,11,13H,4,10,12,14-17H2,1-3H3,(H,31,32). The number of benzene rings is 1. The van der Waals surface area contributed by atoms with Gasteiger partial charge in [-0.15, -0.1) is 0 Å². The fourth-order valence-electron chi connectivity index (χ4n) is 4.32. The number of aromatic nitrogens is 2. The summed E-state index contributed by atoms with van der Waals surface area (Å²) < 4.78 is 7.71. The Labute approximate surface area is 194 Å². The summed E-state index contributed by atoms with van der Waals surface area (Å²) in [6, 6.07) is 12.6. The van der Waals surface area contributed by atoms with Crippen molar-refractivity contribution in [1.82, 2.24) is 14.5 Å². The van der Waals surface area contributed by atoms with Gasteiger partial charge in [0.15, 0.2) is 0 Å². The molecule has 1 amide bonds. The summed E-state index contributed by atoms with van der Waals surface area (Å²) in [6.07, 6.45) is 3.55. The topological polar surface area (TPSA) is 84.7 Å². The Morgan fingerprint density at radius 2 is 1.97 bits per heavy atom. The highest BCUT2D eigenvalue weighted by Gasteiger charge is 2.30. The molecule has 0 saturated heterocycles. The maximum Gasteiger partial charge on any atom is 0.311 e. The molecule has 0 saturated carbocycles. The highest BCUT2D eigenvalue weighted by Crippen LogP contribution is 2.30. The fraction of sp³-hybridized carbons (Fsp3) is 0.423. The van der Waals surface area contributed by atoms with Crippen LogP contribution >= 0.6 is 0 Å². The molecule has 33 heavy (non-hydrogen) atoms. The van der Waals surface area contributed by atoms with Crippen molar-refractivity contribution in [1.29, 1.82) is 0 Å². The van der Waals surface area contributed by atoms with Gasteiger partial charge < -0.3 is 19.3 Å². The summed E-state index contributed by atoms with van der Waals surface area (Å²) >= 11 is 0. The molecule has 0 bridgehead atoms. The van der Waals surface area contributed by atoms with Crippen LogP contribution in [-0.2, 0) is 40.3 Å². The number of carboxylic acid groups (broad SMARTS) is 1. The summed E-state index contributed by atoms with van der Waals surface area (Å²) in [5.74, 6) is -1.07. The second-order valence-electron chi connectivity index (χ2n) is 9.31. The number of rotatable bonds is 8. The number of hydrogen-bond donors (Lipinski definition) is 1. The summed E-state index contributed by atoms with van der Waals surface area (Å²) in [5, 5.41) is 10.4. The quantitative estimate of drug-likeness (QED) is 0.567. The molecule has 1 N–H and O–H groups in total. The van der Waals surface area contributed by atoms with Crippen molar-refractivity contribution in [2.75, 3.05) is 19.8 Å². The zero-order chi connectivity index (χ0) is 23.6. The largest absolute Gasteiger partial charge is 0.481 e. The van der Waals surface area contributed by atoms with Crippen LogP contribution in [0.5, 0.6) is 0 Å². The van der Waals surface area contributed by atoms with Gasteiger partial charge in [-0.1, -0.05) is 31.2 Å². The number of aryl methyl sites for hydroxylation is 1. The fourth-order valence-corrected chi connectivity index (χ4v) is 4.32. The number of aliphatic carboxylic acids is 1. The van der Waals surface area contributed by atoms with Crippen molar-refractivity contribution in [2.45, 2.75) is 46.7 Å². The Morgan fingerprint density at radius 1 is 1.18 bits per heavy atom. The van der Waals surface area contributed by atoms with Crippen LogP contribution in [0.1, 0.15) is 43.2 Å². The lowest BCUT2D eigenvalue weighted by molar-refractivity contribution is -0.153. The zero-order valence-corrected chi connectivity index (χ0v) is 19.5. The van der Waals surface area contributed by atoms with E-state index in [2.05, 4.69) is 46.8 Å². The average Bonchev–Trinajstić information content (AvgIpc) is 3.12. The van der Waals surface area contributed by atoms with E-state index < -0.39 is 11.4 Å². The minimum absolute atomic E-state index is 0.00881. The van der Waals surface area contributed by atoms with Gasteiger partial charge in [-0.25, -0.2) is 4.98 Å². The van der Waals surface area contributed by atoms with E-state index in [1.165, 1.54) is 16.7 Å². The number of carbonyl (C=O) groups is 2. The summed E-state index contributed by atoms with van der Waals surface area (Å²) in [6.45, 7) is 6.99. The number of pyridine rings is 1. The van der Waals surface area contributed by atoms with Gasteiger partial charge in [0.2, 0.25) is 5.91 Å². The molecule has 0 spiro atoms. The van der Waals surface area contributed by atoms with Gasteiger partial charge in [0.1, 0.15) is 12.3 Å².